The molecule has 1 aromatic rings. The average Bonchev–Trinajstić information content (AvgIpc) is 3.45. The van der Waals surface area contributed by atoms with Crippen LogP contribution in [-0.2, 0) is 19.1 Å². The van der Waals surface area contributed by atoms with Crippen LogP contribution in [0.1, 0.15) is 38.1 Å². The molecule has 204 valence electrons. The summed E-state index contributed by atoms with van der Waals surface area (Å²) in [6, 6.07) is -0.944. The second-order valence-electron chi connectivity index (χ2n) is 8.91. The van der Waals surface area contributed by atoms with Gasteiger partial charge < -0.3 is 35.8 Å². The summed E-state index contributed by atoms with van der Waals surface area (Å²) < 4.78 is 6.99. The van der Waals surface area contributed by atoms with Crippen molar-refractivity contribution in [2.75, 3.05) is 13.2 Å². The number of aliphatic hydroxyl groups excluding tert-OH is 3. The van der Waals surface area contributed by atoms with Crippen LogP contribution < -0.4 is 10.6 Å². The lowest BCUT2D eigenvalue weighted by atomic mass is 10.1. The van der Waals surface area contributed by atoms with Gasteiger partial charge in [0.25, 0.3) is 0 Å². The number of aliphatic imine (C=N–C) groups is 2. The van der Waals surface area contributed by atoms with E-state index >= 15 is 0 Å². The van der Waals surface area contributed by atoms with Gasteiger partial charge in [0.1, 0.15) is 30.7 Å². The van der Waals surface area contributed by atoms with Crippen LogP contribution in [0, 0.1) is 0 Å². The maximum absolute atomic E-state index is 11.7. The number of carbonyl (C=O) groups is 3. The van der Waals surface area contributed by atoms with Crippen molar-refractivity contribution in [3.8, 4) is 0 Å². The number of fused-ring (bicyclic) bond motifs is 3. The van der Waals surface area contributed by atoms with Crippen LogP contribution in [-0.4, -0.2) is 103 Å². The zero-order valence-corrected chi connectivity index (χ0v) is 20.5. The van der Waals surface area contributed by atoms with Crippen molar-refractivity contribution < 1.29 is 39.5 Å². The summed E-state index contributed by atoms with van der Waals surface area (Å²) in [5.41, 5.74) is 0.651. The lowest BCUT2D eigenvalue weighted by Gasteiger charge is -2.26. The summed E-state index contributed by atoms with van der Waals surface area (Å²) in [6.07, 6.45) is 2.94. The highest BCUT2D eigenvalue weighted by molar-refractivity contribution is 6.11. The summed E-state index contributed by atoms with van der Waals surface area (Å²) in [6.45, 7) is 1.37. The Kier molecular flexibility index (Phi) is 8.31. The van der Waals surface area contributed by atoms with Crippen molar-refractivity contribution in [2.24, 2.45) is 9.98 Å². The molecule has 3 aliphatic heterocycles. The van der Waals surface area contributed by atoms with E-state index in [0.29, 0.717) is 37.2 Å². The van der Waals surface area contributed by atoms with E-state index in [9.17, 15) is 34.8 Å². The number of unbranched alkanes of at least 4 members (excludes halogenated alkanes) is 1. The third-order valence-corrected chi connectivity index (χ3v) is 6.26. The lowest BCUT2D eigenvalue weighted by Crippen LogP contribution is -2.35. The number of nitrogens with zero attached hydrogens (tertiary/aromatic N) is 5. The average molecular weight is 532 g/mol. The predicted molar refractivity (Wildman–Crippen MR) is 131 cm³/mol. The van der Waals surface area contributed by atoms with Crippen LogP contribution in [0.2, 0.25) is 0 Å². The molecular formula is C23H29N7O8. The largest absolute Gasteiger partial charge is 0.480 e. The maximum Gasteiger partial charge on any atom is 0.326 e. The Balaban J connectivity index is 1.53. The monoisotopic (exact) mass is 531 g/mol. The van der Waals surface area contributed by atoms with E-state index < -0.39 is 43.2 Å². The van der Waals surface area contributed by atoms with Crippen LogP contribution in [0.5, 0.6) is 0 Å². The minimum absolute atomic E-state index is 0.152. The number of amidine groups is 1. The van der Waals surface area contributed by atoms with E-state index in [0.717, 1.165) is 0 Å². The van der Waals surface area contributed by atoms with Crippen LogP contribution in [0.25, 0.3) is 0 Å². The minimum Gasteiger partial charge on any atom is -0.480 e. The molecule has 1 aromatic heterocycles. The molecule has 4 heterocycles. The highest BCUT2D eigenvalue weighted by Gasteiger charge is 2.45. The fraction of sp³-hybridized carbons (Fsp3) is 0.478. The molecule has 38 heavy (non-hydrogen) atoms. The second-order valence-corrected chi connectivity index (χ2v) is 8.91. The molecule has 1 fully saturated rings. The summed E-state index contributed by atoms with van der Waals surface area (Å²) in [5.74, 6) is -0.664. The fourth-order valence-corrected chi connectivity index (χ4v) is 4.23. The zero-order chi connectivity index (χ0) is 27.4. The Bertz CT molecular complexity index is 1210. The van der Waals surface area contributed by atoms with Crippen LogP contribution >= 0.6 is 0 Å². The molecule has 0 aromatic carbocycles. The summed E-state index contributed by atoms with van der Waals surface area (Å²) in [7, 11) is 0. The van der Waals surface area contributed by atoms with Crippen LogP contribution in [0.4, 0.5) is 5.82 Å². The number of aldehydes is 1. The van der Waals surface area contributed by atoms with Crippen molar-refractivity contribution in [1.82, 2.24) is 25.1 Å². The molecule has 6 N–H and O–H groups in total. The van der Waals surface area contributed by atoms with Crippen molar-refractivity contribution >= 4 is 36.2 Å². The third kappa shape index (κ3) is 5.50. The first-order valence-electron chi connectivity index (χ1n) is 12.0. The summed E-state index contributed by atoms with van der Waals surface area (Å²) in [4.78, 5) is 49.1. The lowest BCUT2D eigenvalue weighted by molar-refractivity contribution is -0.139. The number of imidazole rings is 1. The first-order chi connectivity index (χ1) is 18.2. The predicted octanol–water partition coefficient (Wildman–Crippen LogP) is -1.50. The highest BCUT2D eigenvalue weighted by Crippen LogP contribution is 2.36. The first-order valence-corrected chi connectivity index (χ1v) is 12.0. The van der Waals surface area contributed by atoms with E-state index in [1.807, 2.05) is 0 Å². The SMILES string of the molecule is CC(=O)NCCCC[C@H](N/C=C1/N=C2c3ncn([C@@H]4O[C@H](CO)[C@@H](O)[C@H]4O)c3N=CN2C=C1C=O)C(=O)O. The number of carbonyl (C=O) groups excluding carboxylic acids is 2. The topological polar surface area (TPSA) is 211 Å². The van der Waals surface area contributed by atoms with E-state index in [4.69, 9.17) is 4.74 Å². The number of ether oxygens (including phenoxy) is 1. The Morgan fingerprint density at radius 3 is 2.71 bits per heavy atom. The quantitative estimate of drug-likeness (QED) is 0.143. The van der Waals surface area contributed by atoms with Gasteiger partial charge in [-0.1, -0.05) is 0 Å². The van der Waals surface area contributed by atoms with Gasteiger partial charge in [-0.2, -0.15) is 0 Å². The van der Waals surface area contributed by atoms with Gasteiger partial charge in [0.05, 0.1) is 24.2 Å². The molecule has 0 aliphatic carbocycles. The summed E-state index contributed by atoms with van der Waals surface area (Å²) >= 11 is 0. The zero-order valence-electron chi connectivity index (χ0n) is 20.5. The molecule has 0 unspecified atom stereocenters. The molecule has 5 atom stereocenters. The number of carboxylic acid groups (broad SMARTS) is 1. The molecule has 4 rings (SSSR count). The molecule has 0 bridgehead atoms. The van der Waals surface area contributed by atoms with Crippen molar-refractivity contribution in [3.05, 3.63) is 35.7 Å². The van der Waals surface area contributed by atoms with Gasteiger partial charge in [0, 0.05) is 25.9 Å². The van der Waals surface area contributed by atoms with Gasteiger partial charge in [-0.05, 0) is 19.3 Å². The highest BCUT2D eigenvalue weighted by atomic mass is 16.6. The Morgan fingerprint density at radius 1 is 1.26 bits per heavy atom. The number of aromatic nitrogens is 2. The Hall–Kier alpha value is -3.92. The van der Waals surface area contributed by atoms with Gasteiger partial charge in [-0.3, -0.25) is 19.1 Å². The number of nitrogens with one attached hydrogen (secondary N) is 2. The standard InChI is InChI=1S/C23H29N7O8/c1-12(33)24-5-3-2-4-14(23(36)37)25-6-15-13(8-31)7-29-10-27-20-17(21(29)28-15)26-11-30(20)22-19(35)18(34)16(9-32)38-22/h6-8,10-11,14,16,18-19,22,25,32,34-35H,2-5,9H2,1H3,(H,24,33)(H,36,37)/b15-6+/t14-,16+,18+,19+,22+/m0/s1. The maximum atomic E-state index is 11.7. The normalized spacial score (nSPS) is 25.8. The molecule has 0 radical (unpaired) electrons. The van der Waals surface area contributed by atoms with Gasteiger partial charge in [-0.25, -0.2) is 19.8 Å². The number of carboxylic acids is 1. The number of amides is 1. The van der Waals surface area contributed by atoms with Crippen LogP contribution in [0.15, 0.2) is 40.0 Å². The van der Waals surface area contributed by atoms with E-state index in [1.54, 1.807) is 0 Å². The smallest absolute Gasteiger partial charge is 0.326 e. The molecule has 0 saturated carbocycles. The minimum atomic E-state index is -1.33. The number of rotatable bonds is 11. The van der Waals surface area contributed by atoms with Gasteiger partial charge >= 0.3 is 5.97 Å². The number of aliphatic hydroxyl groups is 3. The fourth-order valence-electron chi connectivity index (χ4n) is 4.23. The Morgan fingerprint density at radius 2 is 2.05 bits per heavy atom. The second kappa shape index (κ2) is 11.6. The van der Waals surface area contributed by atoms with Crippen molar-refractivity contribution in [3.63, 3.8) is 0 Å². The number of aliphatic carboxylic acids is 1. The molecule has 1 saturated heterocycles. The summed E-state index contributed by atoms with van der Waals surface area (Å²) in [5, 5.41) is 44.9. The number of hydrogen-bond donors (Lipinski definition) is 6. The van der Waals surface area contributed by atoms with Gasteiger partial charge in [-0.15, -0.1) is 0 Å². The molecule has 3 aliphatic rings. The van der Waals surface area contributed by atoms with Gasteiger partial charge in [0.15, 0.2) is 29.9 Å². The van der Waals surface area contributed by atoms with Crippen molar-refractivity contribution in [2.45, 2.75) is 56.8 Å². The molecule has 15 nitrogen and oxygen atoms in total. The Labute approximate surface area is 216 Å². The first kappa shape index (κ1) is 27.1. The molecular weight excluding hydrogens is 502 g/mol. The van der Waals surface area contributed by atoms with Crippen molar-refractivity contribution in [1.29, 1.82) is 0 Å². The molecule has 15 heteroatoms. The third-order valence-electron chi connectivity index (χ3n) is 6.26. The van der Waals surface area contributed by atoms with E-state index in [1.165, 1.54) is 41.5 Å². The molecule has 0 spiro atoms. The van der Waals surface area contributed by atoms with Gasteiger partial charge in [0.2, 0.25) is 5.91 Å². The molecule has 1 amide bonds. The number of hydrogen-bond acceptors (Lipinski definition) is 12. The van der Waals surface area contributed by atoms with E-state index in [2.05, 4.69) is 25.6 Å². The van der Waals surface area contributed by atoms with E-state index in [-0.39, 0.29) is 29.4 Å². The number of allylic oxidation sites excluding steroid dienone is 1. The van der Waals surface area contributed by atoms with Crippen LogP contribution in [0.3, 0.4) is 0 Å².